The number of hydrogen-bond acceptors (Lipinski definition) is 0. The third-order valence-corrected chi connectivity index (χ3v) is 13.6. The fourth-order valence-electron chi connectivity index (χ4n) is 11.4. The summed E-state index contributed by atoms with van der Waals surface area (Å²) in [5.74, 6) is 0.450. The molecule has 2 aliphatic heterocycles. The van der Waals surface area contributed by atoms with Crippen LogP contribution in [0.3, 0.4) is 0 Å². The first kappa shape index (κ1) is 29.2. The van der Waals surface area contributed by atoms with Crippen molar-refractivity contribution in [1.29, 1.82) is 0 Å². The highest BCUT2D eigenvalue weighted by atomic mass is 15.0. The summed E-state index contributed by atoms with van der Waals surface area (Å²) >= 11 is 0. The van der Waals surface area contributed by atoms with Gasteiger partial charge in [-0.2, -0.15) is 0 Å². The van der Waals surface area contributed by atoms with Gasteiger partial charge in [-0.05, 0) is 103 Å². The average Bonchev–Trinajstić information content (AvgIpc) is 3.81. The molecule has 2 aromatic heterocycles. The molecule has 54 heavy (non-hydrogen) atoms. The lowest BCUT2D eigenvalue weighted by Crippen LogP contribution is -2.59. The summed E-state index contributed by atoms with van der Waals surface area (Å²) in [7, 11) is 0. The van der Waals surface area contributed by atoms with E-state index in [1.807, 2.05) is 0 Å². The van der Waals surface area contributed by atoms with E-state index < -0.39 is 0 Å². The minimum Gasteiger partial charge on any atom is -0.311 e. The smallest absolute Gasteiger partial charge is 0.253 e. The van der Waals surface area contributed by atoms with Gasteiger partial charge in [0.05, 0.1) is 16.9 Å². The van der Waals surface area contributed by atoms with Crippen molar-refractivity contribution in [1.82, 2.24) is 9.13 Å². The van der Waals surface area contributed by atoms with E-state index in [0.717, 1.165) is 6.42 Å². The van der Waals surface area contributed by atoms with Gasteiger partial charge >= 0.3 is 0 Å². The molecular weight excluding hydrogens is 651 g/mol. The summed E-state index contributed by atoms with van der Waals surface area (Å²) in [6.07, 6.45) is 3.62. The van der Waals surface area contributed by atoms with Crippen LogP contribution < -0.4 is 16.4 Å². The monoisotopic (exact) mass is 686 g/mol. The highest BCUT2D eigenvalue weighted by Crippen LogP contribution is 2.55. The first-order valence-electron chi connectivity index (χ1n) is 19.4. The van der Waals surface area contributed by atoms with Crippen molar-refractivity contribution in [2.45, 2.75) is 25.7 Å². The van der Waals surface area contributed by atoms with E-state index >= 15 is 0 Å². The third-order valence-electron chi connectivity index (χ3n) is 13.6. The highest BCUT2D eigenvalue weighted by Gasteiger charge is 2.47. The van der Waals surface area contributed by atoms with E-state index in [-0.39, 0.29) is 12.1 Å². The molecule has 0 radical (unpaired) electrons. The quantitative estimate of drug-likeness (QED) is 0.160. The zero-order valence-corrected chi connectivity index (χ0v) is 30.3. The van der Waals surface area contributed by atoms with E-state index in [2.05, 4.69) is 181 Å². The summed E-state index contributed by atoms with van der Waals surface area (Å²) < 4.78 is 5.29. The zero-order valence-electron chi connectivity index (χ0n) is 30.3. The third kappa shape index (κ3) is 3.40. The molecule has 9 aromatic rings. The van der Waals surface area contributed by atoms with Crippen molar-refractivity contribution in [3.05, 3.63) is 174 Å². The molecule has 1 unspecified atom stereocenters. The van der Waals surface area contributed by atoms with Crippen LogP contribution in [0, 0.1) is 5.92 Å². The fraction of sp³-hybridized carbons (Fsp3) is 0.0980. The molecule has 0 spiro atoms. The second-order valence-electron chi connectivity index (χ2n) is 16.4. The van der Waals surface area contributed by atoms with Crippen LogP contribution in [0.15, 0.2) is 152 Å². The SMILES string of the molecule is CC1(C)c2ccccc2C2=Cc3c(c4cccc5c4n3-c3cccc4c3B5c3c5ccccc5cc5c(-c6ccccc6)c(-c6ccccc6)n-4c35)CC21. The van der Waals surface area contributed by atoms with E-state index in [4.69, 9.17) is 0 Å². The molecular formula is C51H35BN2. The average molecular weight is 687 g/mol. The lowest BCUT2D eigenvalue weighted by atomic mass is 9.33. The van der Waals surface area contributed by atoms with Crippen LogP contribution in [0.25, 0.3) is 78.0 Å². The van der Waals surface area contributed by atoms with Crippen LogP contribution in [0.4, 0.5) is 0 Å². The van der Waals surface area contributed by atoms with Gasteiger partial charge in [0.25, 0.3) is 6.71 Å². The fourth-order valence-corrected chi connectivity index (χ4v) is 11.4. The Morgan fingerprint density at radius 2 is 1.28 bits per heavy atom. The number of fused-ring (bicyclic) bond motifs is 12. The van der Waals surface area contributed by atoms with E-state index in [1.165, 1.54) is 111 Å². The summed E-state index contributed by atoms with van der Waals surface area (Å²) in [5.41, 5.74) is 21.9. The van der Waals surface area contributed by atoms with Gasteiger partial charge in [-0.25, -0.2) is 0 Å². The van der Waals surface area contributed by atoms with Gasteiger partial charge in [-0.15, -0.1) is 0 Å². The second kappa shape index (κ2) is 10.0. The second-order valence-corrected chi connectivity index (χ2v) is 16.4. The largest absolute Gasteiger partial charge is 0.311 e. The van der Waals surface area contributed by atoms with Crippen LogP contribution in [-0.4, -0.2) is 15.8 Å². The minimum absolute atomic E-state index is 0.0747. The van der Waals surface area contributed by atoms with E-state index in [9.17, 15) is 0 Å². The van der Waals surface area contributed by atoms with Gasteiger partial charge in [0.2, 0.25) is 0 Å². The molecule has 252 valence electrons. The Morgan fingerprint density at radius 3 is 2.11 bits per heavy atom. The zero-order chi connectivity index (χ0) is 35.4. The summed E-state index contributed by atoms with van der Waals surface area (Å²) in [6, 6.07) is 57.1. The van der Waals surface area contributed by atoms with Gasteiger partial charge in [-0.1, -0.05) is 147 Å². The molecule has 4 aliphatic rings. The summed E-state index contributed by atoms with van der Waals surface area (Å²) in [4.78, 5) is 0. The van der Waals surface area contributed by atoms with Crippen LogP contribution in [0.1, 0.15) is 36.2 Å². The number of hydrogen-bond donors (Lipinski definition) is 0. The van der Waals surface area contributed by atoms with Crippen LogP contribution in [0.5, 0.6) is 0 Å². The Hall–Kier alpha value is -6.32. The van der Waals surface area contributed by atoms with Crippen molar-refractivity contribution in [2.24, 2.45) is 5.92 Å². The maximum absolute atomic E-state index is 2.66. The Labute approximate surface area is 314 Å². The molecule has 1 atom stereocenters. The molecule has 0 saturated carbocycles. The van der Waals surface area contributed by atoms with Gasteiger partial charge in [0.15, 0.2) is 0 Å². The van der Waals surface area contributed by atoms with Gasteiger partial charge < -0.3 is 9.13 Å². The van der Waals surface area contributed by atoms with Crippen LogP contribution in [0.2, 0.25) is 0 Å². The molecule has 7 aromatic carbocycles. The standard InChI is InChI=1S/C51H35BN2/c1-51(2)39-23-12-11-21-34(39)36-29-44-37(28-40(36)51)35-22-13-24-41-49(35)53(44)42-25-14-26-43-47(42)52(41)46-33-20-10-9-19-32(33)27-38-45(30-15-5-3-6-16-30)48(54(43)50(38)46)31-17-7-4-8-18-31/h3-27,29,40H,28H2,1-2H3. The van der Waals surface area contributed by atoms with Crippen molar-refractivity contribution < 1.29 is 0 Å². The predicted molar refractivity (Wildman–Crippen MR) is 228 cm³/mol. The van der Waals surface area contributed by atoms with Crippen molar-refractivity contribution in [2.75, 3.05) is 0 Å². The Bertz CT molecular complexity index is 3160. The summed E-state index contributed by atoms with van der Waals surface area (Å²) in [6.45, 7) is 5.01. The number of aromatic nitrogens is 2. The molecule has 0 saturated heterocycles. The molecule has 0 amide bonds. The van der Waals surface area contributed by atoms with Crippen molar-refractivity contribution in [3.63, 3.8) is 0 Å². The van der Waals surface area contributed by atoms with Gasteiger partial charge in [0, 0.05) is 33.2 Å². The Balaban J connectivity index is 1.21. The molecule has 13 rings (SSSR count). The van der Waals surface area contributed by atoms with E-state index in [0.29, 0.717) is 5.92 Å². The number of rotatable bonds is 2. The number of benzene rings is 7. The lowest BCUT2D eigenvalue weighted by molar-refractivity contribution is 0.410. The molecule has 4 heterocycles. The molecule has 0 fully saturated rings. The minimum atomic E-state index is 0.0747. The topological polar surface area (TPSA) is 9.86 Å². The number of nitrogens with zero attached hydrogens (tertiary/aromatic N) is 2. The maximum atomic E-state index is 2.66. The van der Waals surface area contributed by atoms with Crippen molar-refractivity contribution >= 4 is 67.3 Å². The normalized spacial score (nSPS) is 16.7. The number of allylic oxidation sites excluding steroid dienone is 1. The van der Waals surface area contributed by atoms with Gasteiger partial charge in [-0.3, -0.25) is 0 Å². The molecule has 2 nitrogen and oxygen atoms in total. The van der Waals surface area contributed by atoms with Gasteiger partial charge in [0.1, 0.15) is 0 Å². The Kier molecular flexibility index (Phi) is 5.41. The first-order valence-corrected chi connectivity index (χ1v) is 19.4. The van der Waals surface area contributed by atoms with Crippen molar-refractivity contribution in [3.8, 4) is 33.8 Å². The van der Waals surface area contributed by atoms with Crippen LogP contribution >= 0.6 is 0 Å². The van der Waals surface area contributed by atoms with Crippen LogP contribution in [-0.2, 0) is 11.8 Å². The number of para-hydroxylation sites is 1. The molecule has 2 aliphatic carbocycles. The Morgan fingerprint density at radius 1 is 0.593 bits per heavy atom. The highest BCUT2D eigenvalue weighted by molar-refractivity contribution is 7.01. The molecule has 3 heteroatoms. The lowest BCUT2D eigenvalue weighted by Gasteiger charge is -2.35. The molecule has 0 N–H and O–H groups in total. The maximum Gasteiger partial charge on any atom is 0.253 e. The molecule has 0 bridgehead atoms. The first-order chi connectivity index (χ1) is 26.6. The summed E-state index contributed by atoms with van der Waals surface area (Å²) in [5, 5.41) is 5.36. The predicted octanol–water partition coefficient (Wildman–Crippen LogP) is 10.2. The van der Waals surface area contributed by atoms with E-state index in [1.54, 1.807) is 0 Å².